The summed E-state index contributed by atoms with van der Waals surface area (Å²) in [5, 5.41) is 15.6. The van der Waals surface area contributed by atoms with E-state index in [0.717, 1.165) is 27.6 Å². The number of hydrogen-bond donors (Lipinski definition) is 0. The molecule has 430 valence electrons. The number of para-hydroxylation sites is 9. The van der Waals surface area contributed by atoms with Crippen molar-refractivity contribution in [3.05, 3.63) is 295 Å². The number of rotatable bonds is 3. The molecule has 11 heterocycles. The largest absolute Gasteiger partial charge is 0.454 e. The van der Waals surface area contributed by atoms with Crippen molar-refractivity contribution in [1.82, 2.24) is 0 Å². The summed E-state index contributed by atoms with van der Waals surface area (Å²) in [5.74, 6) is 0. The van der Waals surface area contributed by atoms with Crippen molar-refractivity contribution in [2.24, 2.45) is 0 Å². The Bertz CT molecular complexity index is 5390. The first-order chi connectivity index (χ1) is 45.7. The second-order valence-corrected chi connectivity index (χ2v) is 27.6. The monoisotopic (exact) mass is 1250 g/mol. The molecular weight excluding hydrogens is 1200 g/mol. The third-order valence-corrected chi connectivity index (χ3v) is 23.1. The minimum atomic E-state index is 0.0311. The Labute approximate surface area is 548 Å². The smallest absolute Gasteiger partial charge is 0.422 e. The van der Waals surface area contributed by atoms with Gasteiger partial charge in [0, 0.05) is 54.3 Å². The van der Waals surface area contributed by atoms with Crippen LogP contribution >= 0.6 is 45.3 Å². The lowest BCUT2D eigenvalue weighted by molar-refractivity contribution is 0.669. The topological polar surface area (TPSA) is 32.6 Å². The van der Waals surface area contributed by atoms with Crippen molar-refractivity contribution in [1.29, 1.82) is 0 Å². The maximum atomic E-state index is 6.48. The Morgan fingerprint density at radius 2 is 0.641 bits per heavy atom. The van der Waals surface area contributed by atoms with Gasteiger partial charge in [0.05, 0.1) is 59.5 Å². The quantitative estimate of drug-likeness (QED) is 0.163. The van der Waals surface area contributed by atoms with Crippen molar-refractivity contribution < 1.29 is 4.42 Å². The van der Waals surface area contributed by atoms with Crippen LogP contribution in [0.4, 0.5) is 66.2 Å². The standard InChI is InChI=1S/C28H17BN2OS.C28H17BN2S2.C22H15BN2S/c1-3-11-22-18(8-1)21-16-17-33-28(21)31-24-13-5-4-12-23(24)30(29(22)31)25-14-7-10-20-19-9-2-6-15-26(19)32-27(20)25;1-3-11-22-18(8-1)21-16-17-32-28(21)31-24-13-5-4-12-23(24)30(29(22)31)25-14-7-10-20-19-9-2-6-15-26(19)33-27(20)25;1-2-8-16(9-3-1)24-20-12-6-7-13-21(20)25-22-18(14-15-26-22)17-10-4-5-11-19(17)23(24)25/h2*1-17H;1-15H. The fraction of sp³-hybridized carbons (Fsp3) is 0. The van der Waals surface area contributed by atoms with Gasteiger partial charge in [-0.2, -0.15) is 0 Å². The van der Waals surface area contributed by atoms with Gasteiger partial charge < -0.3 is 33.3 Å². The molecule has 0 saturated carbocycles. The minimum Gasteiger partial charge on any atom is -0.454 e. The first-order valence-electron chi connectivity index (χ1n) is 31.1. The van der Waals surface area contributed by atoms with E-state index in [-0.39, 0.29) is 20.9 Å². The lowest BCUT2D eigenvalue weighted by Gasteiger charge is -2.34. The molecule has 11 aromatic carbocycles. The molecule has 22 rings (SSSR count). The molecule has 0 aliphatic carbocycles. The average Bonchev–Trinajstić information content (AvgIpc) is 1.56. The van der Waals surface area contributed by atoms with E-state index in [2.05, 4.69) is 318 Å². The highest BCUT2D eigenvalue weighted by Crippen LogP contribution is 2.57. The maximum Gasteiger partial charge on any atom is 0.422 e. The van der Waals surface area contributed by atoms with E-state index in [1.165, 1.54) is 130 Å². The molecule has 6 aliphatic heterocycles. The van der Waals surface area contributed by atoms with Crippen LogP contribution in [0.25, 0.3) is 75.5 Å². The van der Waals surface area contributed by atoms with E-state index in [1.54, 1.807) is 0 Å². The van der Waals surface area contributed by atoms with Gasteiger partial charge in [-0.1, -0.05) is 188 Å². The summed E-state index contributed by atoms with van der Waals surface area (Å²) < 4.78 is 9.17. The fourth-order valence-corrected chi connectivity index (χ4v) is 19.5. The molecule has 0 amide bonds. The highest BCUT2D eigenvalue weighted by atomic mass is 32.1. The second kappa shape index (κ2) is 20.5. The molecule has 0 unspecified atom stereocenters. The molecule has 0 spiro atoms. The summed E-state index contributed by atoms with van der Waals surface area (Å²) in [4.78, 5) is 15.0. The lowest BCUT2D eigenvalue weighted by Crippen LogP contribution is -2.55. The summed E-state index contributed by atoms with van der Waals surface area (Å²) in [6, 6.07) is 101. The van der Waals surface area contributed by atoms with Crippen molar-refractivity contribution in [2.75, 3.05) is 28.9 Å². The number of hydrogen-bond acceptors (Lipinski definition) is 11. The van der Waals surface area contributed by atoms with E-state index >= 15 is 0 Å². The molecule has 0 radical (unpaired) electrons. The van der Waals surface area contributed by atoms with Crippen LogP contribution in [0.2, 0.25) is 0 Å². The minimum absolute atomic E-state index is 0.0311. The fourth-order valence-electron chi connectivity index (χ4n) is 15.5. The Morgan fingerprint density at radius 1 is 0.261 bits per heavy atom. The third kappa shape index (κ3) is 7.51. The summed E-state index contributed by atoms with van der Waals surface area (Å²) in [5.41, 5.74) is 25.0. The molecule has 7 nitrogen and oxygen atoms in total. The molecule has 0 atom stereocenters. The van der Waals surface area contributed by atoms with Crippen molar-refractivity contribution in [3.8, 4) is 33.4 Å². The zero-order chi connectivity index (χ0) is 60.1. The van der Waals surface area contributed by atoms with Crippen LogP contribution in [0.3, 0.4) is 0 Å². The molecule has 0 bridgehead atoms. The molecule has 16 aromatic rings. The zero-order valence-corrected chi connectivity index (χ0v) is 52.5. The predicted molar refractivity (Wildman–Crippen MR) is 397 cm³/mol. The molecule has 0 fully saturated rings. The average molecular weight is 1250 g/mol. The normalized spacial score (nSPS) is 13.9. The number of fused-ring (bicyclic) bond motifs is 30. The van der Waals surface area contributed by atoms with Gasteiger partial charge in [-0.15, -0.1) is 45.3 Å². The van der Waals surface area contributed by atoms with E-state index in [0.29, 0.717) is 0 Å². The van der Waals surface area contributed by atoms with Crippen molar-refractivity contribution in [2.45, 2.75) is 0 Å². The summed E-state index contributed by atoms with van der Waals surface area (Å²) in [6.45, 7) is 0.279. The van der Waals surface area contributed by atoms with Crippen LogP contribution in [0.15, 0.2) is 300 Å². The Kier molecular flexibility index (Phi) is 11.7. The molecule has 6 aliphatic rings. The van der Waals surface area contributed by atoms with Crippen LogP contribution in [0.1, 0.15) is 0 Å². The number of anilines is 12. The maximum absolute atomic E-state index is 6.48. The van der Waals surface area contributed by atoms with Crippen molar-refractivity contribution >= 4 is 191 Å². The van der Waals surface area contributed by atoms with Crippen LogP contribution in [0.5, 0.6) is 0 Å². The zero-order valence-electron chi connectivity index (χ0n) is 49.2. The van der Waals surface area contributed by atoms with Gasteiger partial charge in [0.15, 0.2) is 5.58 Å². The van der Waals surface area contributed by atoms with E-state index in [4.69, 9.17) is 4.42 Å². The molecule has 0 saturated heterocycles. The van der Waals surface area contributed by atoms with Crippen molar-refractivity contribution in [3.63, 3.8) is 0 Å². The molecule has 5 aromatic heterocycles. The highest BCUT2D eigenvalue weighted by Gasteiger charge is 2.52. The number of thiophene rings is 4. The van der Waals surface area contributed by atoms with Gasteiger partial charge in [-0.3, -0.25) is 0 Å². The summed E-state index contributed by atoms with van der Waals surface area (Å²) in [7, 11) is 0. The predicted octanol–water partition coefficient (Wildman–Crippen LogP) is 20.5. The van der Waals surface area contributed by atoms with Crippen LogP contribution in [0, 0.1) is 0 Å². The van der Waals surface area contributed by atoms with Gasteiger partial charge in [0.25, 0.3) is 0 Å². The first-order valence-corrected chi connectivity index (χ1v) is 34.6. The Balaban J connectivity index is 0.0000000965. The van der Waals surface area contributed by atoms with Gasteiger partial charge in [0.2, 0.25) is 0 Å². The first kappa shape index (κ1) is 52.3. The number of benzene rings is 11. The molecule has 14 heteroatoms. The van der Waals surface area contributed by atoms with Crippen LogP contribution in [-0.4, -0.2) is 20.9 Å². The summed E-state index contributed by atoms with van der Waals surface area (Å²) >= 11 is 7.37. The van der Waals surface area contributed by atoms with Crippen LogP contribution < -0.4 is 45.3 Å². The Hall–Kier alpha value is -10.5. The molecule has 92 heavy (non-hydrogen) atoms. The van der Waals surface area contributed by atoms with E-state index < -0.39 is 0 Å². The lowest BCUT2D eigenvalue weighted by atomic mass is 9.60. The molecular formula is C78H49B3N6OS4. The number of furan rings is 1. The van der Waals surface area contributed by atoms with Crippen LogP contribution in [-0.2, 0) is 0 Å². The van der Waals surface area contributed by atoms with Gasteiger partial charge in [0.1, 0.15) is 5.58 Å². The summed E-state index contributed by atoms with van der Waals surface area (Å²) in [6.07, 6.45) is 0. The number of nitrogens with zero attached hydrogens (tertiary/aromatic N) is 6. The van der Waals surface area contributed by atoms with Gasteiger partial charge in [-0.25, -0.2) is 0 Å². The van der Waals surface area contributed by atoms with Gasteiger partial charge >= 0.3 is 20.9 Å². The van der Waals surface area contributed by atoms with E-state index in [9.17, 15) is 0 Å². The Morgan fingerprint density at radius 3 is 1.18 bits per heavy atom. The second-order valence-electron chi connectivity index (χ2n) is 23.8. The SMILES string of the molecule is c1ccc(N2B3c4ccccc4-c4ccsc4N3c3ccccc32)cc1.c1ccc2c(c1)B1N(c3ccccc3N1c1cccc3c1oc1ccccc13)c1sccc1-2.c1ccc2c(c1)B1N(c3ccccc3N1c1cccc3c1sc1ccccc13)c1sccc1-2. The molecule has 0 N–H and O–H groups in total. The highest BCUT2D eigenvalue weighted by molar-refractivity contribution is 7.26. The third-order valence-electron chi connectivity index (χ3n) is 19.2. The van der Waals surface area contributed by atoms with Gasteiger partial charge in [-0.05, 0) is 140 Å². The van der Waals surface area contributed by atoms with E-state index in [1.807, 2.05) is 51.4 Å².